The maximum Gasteiger partial charge on any atom is 0.227 e. The topological polar surface area (TPSA) is 73.8 Å². The molecule has 7 heteroatoms. The molecule has 0 unspecified atom stereocenters. The molecule has 1 aromatic heterocycles. The number of carbonyl (C=O) groups is 1. The van der Waals surface area contributed by atoms with Crippen LogP contribution in [0.1, 0.15) is 5.82 Å². The number of carbonyl (C=O) groups excluding carboxylic acids is 1. The van der Waals surface area contributed by atoms with Crippen LogP contribution in [0.5, 0.6) is 0 Å². The van der Waals surface area contributed by atoms with E-state index in [4.69, 9.17) is 17.3 Å². The van der Waals surface area contributed by atoms with E-state index in [2.05, 4.69) is 10.2 Å². The molecule has 1 aromatic carbocycles. The fourth-order valence-corrected chi connectivity index (χ4v) is 2.41. The Balaban J connectivity index is 2.37. The van der Waals surface area contributed by atoms with Gasteiger partial charge in [-0.1, -0.05) is 29.4 Å². The molecule has 0 aliphatic heterocycles. The number of halogens is 1. The van der Waals surface area contributed by atoms with Crippen LogP contribution in [0.2, 0.25) is 5.02 Å². The fraction of sp³-hybridized carbons (Fsp3) is 0.182. The molecule has 1 amide bonds. The zero-order valence-electron chi connectivity index (χ0n) is 9.63. The Hall–Kier alpha value is -1.53. The molecule has 18 heavy (non-hydrogen) atoms. The summed E-state index contributed by atoms with van der Waals surface area (Å²) in [5, 5.41) is 9.27. The van der Waals surface area contributed by atoms with Crippen molar-refractivity contribution in [2.24, 2.45) is 5.73 Å². The predicted molar refractivity (Wildman–Crippen MR) is 71.0 cm³/mol. The molecule has 0 saturated heterocycles. The Bertz CT molecular complexity index is 584. The van der Waals surface area contributed by atoms with Gasteiger partial charge < -0.3 is 5.73 Å². The minimum atomic E-state index is -0.390. The molecule has 0 fully saturated rings. The number of hydrogen-bond acceptors (Lipinski definition) is 4. The van der Waals surface area contributed by atoms with E-state index in [-0.39, 0.29) is 5.75 Å². The van der Waals surface area contributed by atoms with Crippen LogP contribution >= 0.6 is 23.4 Å². The van der Waals surface area contributed by atoms with Crippen molar-refractivity contribution in [3.63, 3.8) is 0 Å². The van der Waals surface area contributed by atoms with Crippen LogP contribution in [-0.4, -0.2) is 26.4 Å². The van der Waals surface area contributed by atoms with E-state index in [1.165, 1.54) is 11.8 Å². The van der Waals surface area contributed by atoms with Crippen LogP contribution in [-0.2, 0) is 4.79 Å². The fourth-order valence-electron chi connectivity index (χ4n) is 1.48. The number of nitrogens with zero attached hydrogens (tertiary/aromatic N) is 3. The van der Waals surface area contributed by atoms with E-state index in [0.29, 0.717) is 10.2 Å². The molecule has 0 bridgehead atoms. The molecule has 1 heterocycles. The van der Waals surface area contributed by atoms with Gasteiger partial charge in [0.05, 0.1) is 11.4 Å². The van der Waals surface area contributed by atoms with Gasteiger partial charge in [-0.25, -0.2) is 0 Å². The monoisotopic (exact) mass is 282 g/mol. The standard InChI is InChI=1S/C11H11ClN4OS/c1-7-14-15-11(18-6-10(13)17)16(7)9-4-2-3-8(12)5-9/h2-5H,6H2,1H3,(H2,13,17). The molecule has 0 aliphatic carbocycles. The normalized spacial score (nSPS) is 10.6. The zero-order chi connectivity index (χ0) is 13.1. The Labute approximate surface area is 113 Å². The number of thioether (sulfide) groups is 1. The summed E-state index contributed by atoms with van der Waals surface area (Å²) in [7, 11) is 0. The van der Waals surface area contributed by atoms with Crippen molar-refractivity contribution in [3.8, 4) is 5.69 Å². The summed E-state index contributed by atoms with van der Waals surface area (Å²) in [5.74, 6) is 0.501. The van der Waals surface area contributed by atoms with E-state index >= 15 is 0 Å². The number of rotatable bonds is 4. The summed E-state index contributed by atoms with van der Waals surface area (Å²) in [4.78, 5) is 10.8. The molecule has 0 saturated carbocycles. The van der Waals surface area contributed by atoms with Crippen molar-refractivity contribution in [2.75, 3.05) is 5.75 Å². The molecular formula is C11H11ClN4OS. The summed E-state index contributed by atoms with van der Waals surface area (Å²) in [5.41, 5.74) is 5.98. The van der Waals surface area contributed by atoms with Crippen LogP contribution in [0.25, 0.3) is 5.69 Å². The lowest BCUT2D eigenvalue weighted by Gasteiger charge is -2.07. The number of aromatic nitrogens is 3. The lowest BCUT2D eigenvalue weighted by atomic mass is 10.3. The van der Waals surface area contributed by atoms with Crippen LogP contribution in [0.3, 0.4) is 0 Å². The first kappa shape index (κ1) is 12.9. The maximum atomic E-state index is 10.8. The number of hydrogen-bond donors (Lipinski definition) is 1. The molecule has 2 rings (SSSR count). The summed E-state index contributed by atoms with van der Waals surface area (Å²) in [6, 6.07) is 7.35. The second-order valence-corrected chi connectivity index (χ2v) is 4.98. The van der Waals surface area contributed by atoms with Crippen LogP contribution in [0.15, 0.2) is 29.4 Å². The van der Waals surface area contributed by atoms with Gasteiger partial charge in [0, 0.05) is 5.02 Å². The third kappa shape index (κ3) is 2.83. The van der Waals surface area contributed by atoms with Crippen molar-refractivity contribution in [2.45, 2.75) is 12.1 Å². The molecule has 5 nitrogen and oxygen atoms in total. The molecular weight excluding hydrogens is 272 g/mol. The smallest absolute Gasteiger partial charge is 0.227 e. The molecule has 0 atom stereocenters. The first-order chi connectivity index (χ1) is 8.58. The second kappa shape index (κ2) is 5.41. The molecule has 0 spiro atoms. The first-order valence-corrected chi connectivity index (χ1v) is 6.53. The van der Waals surface area contributed by atoms with Gasteiger partial charge in [0.1, 0.15) is 5.82 Å². The Morgan fingerprint density at radius 1 is 1.50 bits per heavy atom. The minimum absolute atomic E-state index is 0.165. The summed E-state index contributed by atoms with van der Waals surface area (Å²) in [6.45, 7) is 1.84. The van der Waals surface area contributed by atoms with Gasteiger partial charge >= 0.3 is 0 Å². The summed E-state index contributed by atoms with van der Waals surface area (Å²) in [6.07, 6.45) is 0. The third-order valence-electron chi connectivity index (χ3n) is 2.21. The second-order valence-electron chi connectivity index (χ2n) is 3.60. The molecule has 0 radical (unpaired) electrons. The average molecular weight is 283 g/mol. The van der Waals surface area contributed by atoms with Crippen LogP contribution in [0.4, 0.5) is 0 Å². The van der Waals surface area contributed by atoms with Gasteiger partial charge in [0.15, 0.2) is 5.16 Å². The third-order valence-corrected chi connectivity index (χ3v) is 3.39. The van der Waals surface area contributed by atoms with Crippen LogP contribution < -0.4 is 5.73 Å². The van der Waals surface area contributed by atoms with E-state index in [0.717, 1.165) is 11.5 Å². The number of primary amides is 1. The zero-order valence-corrected chi connectivity index (χ0v) is 11.2. The SMILES string of the molecule is Cc1nnc(SCC(N)=O)n1-c1cccc(Cl)c1. The Morgan fingerprint density at radius 2 is 2.28 bits per heavy atom. The van der Waals surface area contributed by atoms with Gasteiger partial charge in [-0.3, -0.25) is 9.36 Å². The number of amides is 1. The van der Waals surface area contributed by atoms with Crippen molar-refractivity contribution >= 4 is 29.3 Å². The minimum Gasteiger partial charge on any atom is -0.369 e. The van der Waals surface area contributed by atoms with Crippen molar-refractivity contribution in [3.05, 3.63) is 35.1 Å². The van der Waals surface area contributed by atoms with Crippen LogP contribution in [0, 0.1) is 6.92 Å². The summed E-state index contributed by atoms with van der Waals surface area (Å²) < 4.78 is 1.83. The Morgan fingerprint density at radius 3 is 2.94 bits per heavy atom. The number of aryl methyl sites for hydroxylation is 1. The van der Waals surface area contributed by atoms with Gasteiger partial charge in [-0.15, -0.1) is 10.2 Å². The van der Waals surface area contributed by atoms with Crippen molar-refractivity contribution in [1.29, 1.82) is 0 Å². The largest absolute Gasteiger partial charge is 0.369 e. The lowest BCUT2D eigenvalue weighted by molar-refractivity contribution is -0.115. The molecule has 0 aliphatic rings. The number of nitrogens with two attached hydrogens (primary N) is 1. The average Bonchev–Trinajstić information content (AvgIpc) is 2.68. The first-order valence-electron chi connectivity index (χ1n) is 5.17. The molecule has 2 aromatic rings. The van der Waals surface area contributed by atoms with Gasteiger partial charge in [0.25, 0.3) is 0 Å². The van der Waals surface area contributed by atoms with E-state index < -0.39 is 5.91 Å². The highest BCUT2D eigenvalue weighted by atomic mass is 35.5. The van der Waals surface area contributed by atoms with Gasteiger partial charge in [0.2, 0.25) is 5.91 Å². The highest BCUT2D eigenvalue weighted by Crippen LogP contribution is 2.23. The molecule has 2 N–H and O–H groups in total. The van der Waals surface area contributed by atoms with Gasteiger partial charge in [-0.05, 0) is 25.1 Å². The Kier molecular flexibility index (Phi) is 3.88. The van der Waals surface area contributed by atoms with E-state index in [9.17, 15) is 4.79 Å². The highest BCUT2D eigenvalue weighted by molar-refractivity contribution is 7.99. The quantitative estimate of drug-likeness (QED) is 0.868. The van der Waals surface area contributed by atoms with Crippen molar-refractivity contribution in [1.82, 2.24) is 14.8 Å². The number of benzene rings is 1. The summed E-state index contributed by atoms with van der Waals surface area (Å²) >= 11 is 7.21. The maximum absolute atomic E-state index is 10.8. The van der Waals surface area contributed by atoms with Crippen molar-refractivity contribution < 1.29 is 4.79 Å². The van der Waals surface area contributed by atoms with E-state index in [1.54, 1.807) is 6.07 Å². The molecule has 94 valence electrons. The van der Waals surface area contributed by atoms with E-state index in [1.807, 2.05) is 29.7 Å². The lowest BCUT2D eigenvalue weighted by Crippen LogP contribution is -2.13. The predicted octanol–water partition coefficient (Wildman–Crippen LogP) is 1.81. The highest BCUT2D eigenvalue weighted by Gasteiger charge is 2.12. The van der Waals surface area contributed by atoms with Gasteiger partial charge in [-0.2, -0.15) is 0 Å².